The van der Waals surface area contributed by atoms with E-state index in [2.05, 4.69) is 15.2 Å². The molecule has 2 aromatic heterocycles. The maximum Gasteiger partial charge on any atom is 0.226 e. The van der Waals surface area contributed by atoms with Crippen molar-refractivity contribution in [2.75, 3.05) is 0 Å². The van der Waals surface area contributed by atoms with Crippen LogP contribution in [-0.4, -0.2) is 25.9 Å². The van der Waals surface area contributed by atoms with Crippen molar-refractivity contribution in [3.63, 3.8) is 0 Å². The van der Waals surface area contributed by atoms with Crippen LogP contribution in [0.2, 0.25) is 5.02 Å². The molecule has 4 rings (SSSR count). The van der Waals surface area contributed by atoms with Gasteiger partial charge in [-0.15, -0.1) is 10.2 Å². The van der Waals surface area contributed by atoms with Crippen LogP contribution in [0.5, 0.6) is 5.88 Å². The van der Waals surface area contributed by atoms with Crippen LogP contribution in [0.25, 0.3) is 22.8 Å². The Morgan fingerprint density at radius 2 is 1.72 bits per heavy atom. The third-order valence-corrected chi connectivity index (χ3v) is 4.27. The largest absolute Gasteiger partial charge is 0.474 e. The number of nitrogens with zero attached hydrogens (tertiary/aromatic N) is 4. The van der Waals surface area contributed by atoms with Crippen molar-refractivity contribution in [3.05, 3.63) is 47.1 Å². The van der Waals surface area contributed by atoms with E-state index >= 15 is 0 Å². The van der Waals surface area contributed by atoms with E-state index in [0.717, 1.165) is 12.8 Å². The third kappa shape index (κ3) is 2.84. The lowest BCUT2D eigenvalue weighted by atomic mass is 10.2. The normalized spacial score (nSPS) is 13.9. The zero-order valence-corrected chi connectivity index (χ0v) is 14.0. The van der Waals surface area contributed by atoms with Crippen LogP contribution in [-0.2, 0) is 7.05 Å². The lowest BCUT2D eigenvalue weighted by molar-refractivity contribution is 0.292. The van der Waals surface area contributed by atoms with Crippen molar-refractivity contribution in [3.8, 4) is 28.7 Å². The van der Waals surface area contributed by atoms with Crippen molar-refractivity contribution in [1.82, 2.24) is 19.7 Å². The Hall–Kier alpha value is -2.54. The minimum absolute atomic E-state index is 0.0582. The molecule has 8 heteroatoms. The Labute approximate surface area is 147 Å². The summed E-state index contributed by atoms with van der Waals surface area (Å²) < 4.78 is 35.4. The number of halogens is 3. The molecular weight excluding hydrogens is 350 g/mol. The summed E-state index contributed by atoms with van der Waals surface area (Å²) in [5, 5.41) is 8.40. The molecule has 0 aliphatic heterocycles. The molecule has 5 nitrogen and oxygen atoms in total. The molecule has 0 atom stereocenters. The molecule has 128 valence electrons. The van der Waals surface area contributed by atoms with E-state index in [4.69, 9.17) is 16.3 Å². The maximum absolute atomic E-state index is 14.1. The summed E-state index contributed by atoms with van der Waals surface area (Å²) in [6.07, 6.45) is 3.56. The highest BCUT2D eigenvalue weighted by molar-refractivity contribution is 6.33. The second kappa shape index (κ2) is 6.07. The fraction of sp³-hybridized carbons (Fsp3) is 0.235. The van der Waals surface area contributed by atoms with Crippen molar-refractivity contribution < 1.29 is 13.5 Å². The first-order valence-corrected chi connectivity index (χ1v) is 8.09. The minimum atomic E-state index is -0.714. The van der Waals surface area contributed by atoms with Crippen LogP contribution in [0, 0.1) is 11.6 Å². The quantitative estimate of drug-likeness (QED) is 0.703. The van der Waals surface area contributed by atoms with Gasteiger partial charge in [-0.25, -0.2) is 13.8 Å². The highest BCUT2D eigenvalue weighted by Crippen LogP contribution is 2.38. The van der Waals surface area contributed by atoms with Crippen LogP contribution >= 0.6 is 11.6 Å². The van der Waals surface area contributed by atoms with Gasteiger partial charge in [-0.2, -0.15) is 0 Å². The molecule has 3 aromatic rings. The average molecular weight is 363 g/mol. The molecule has 1 aliphatic rings. The van der Waals surface area contributed by atoms with E-state index in [9.17, 15) is 8.78 Å². The Kier molecular flexibility index (Phi) is 3.88. The molecule has 0 spiro atoms. The number of hydrogen-bond donors (Lipinski definition) is 0. The van der Waals surface area contributed by atoms with Gasteiger partial charge in [-0.3, -0.25) is 0 Å². The first-order chi connectivity index (χ1) is 12.1. The van der Waals surface area contributed by atoms with Crippen molar-refractivity contribution in [2.24, 2.45) is 7.05 Å². The molecule has 0 saturated heterocycles. The molecule has 0 N–H and O–H groups in total. The van der Waals surface area contributed by atoms with Crippen molar-refractivity contribution >= 4 is 11.6 Å². The van der Waals surface area contributed by atoms with Gasteiger partial charge in [-0.1, -0.05) is 17.7 Å². The number of aromatic nitrogens is 4. The van der Waals surface area contributed by atoms with Gasteiger partial charge >= 0.3 is 0 Å². The topological polar surface area (TPSA) is 52.8 Å². The Morgan fingerprint density at radius 3 is 2.36 bits per heavy atom. The van der Waals surface area contributed by atoms with Crippen LogP contribution in [0.15, 0.2) is 30.5 Å². The van der Waals surface area contributed by atoms with E-state index in [0.29, 0.717) is 22.3 Å². The fourth-order valence-electron chi connectivity index (χ4n) is 2.53. The molecule has 1 aliphatic carbocycles. The summed E-state index contributed by atoms with van der Waals surface area (Å²) in [6.45, 7) is 0. The first-order valence-electron chi connectivity index (χ1n) is 7.71. The van der Waals surface area contributed by atoms with Gasteiger partial charge in [0.25, 0.3) is 0 Å². The lowest BCUT2D eigenvalue weighted by Crippen LogP contribution is -2.04. The summed E-state index contributed by atoms with van der Waals surface area (Å²) in [5.74, 6) is -0.706. The second-order valence-electron chi connectivity index (χ2n) is 5.79. The molecule has 2 heterocycles. The first kappa shape index (κ1) is 16.0. The van der Waals surface area contributed by atoms with Gasteiger partial charge in [0.1, 0.15) is 23.3 Å². The number of ether oxygens (including phenoxy) is 1. The smallest absolute Gasteiger partial charge is 0.226 e. The molecule has 1 aromatic carbocycles. The van der Waals surface area contributed by atoms with Gasteiger partial charge in [0.15, 0.2) is 11.6 Å². The van der Waals surface area contributed by atoms with Gasteiger partial charge in [-0.05, 0) is 31.0 Å². The molecule has 1 fully saturated rings. The number of hydrogen-bond acceptors (Lipinski definition) is 4. The molecule has 0 amide bonds. The van der Waals surface area contributed by atoms with Crippen LogP contribution in [0.1, 0.15) is 12.8 Å². The van der Waals surface area contributed by atoms with E-state index in [1.54, 1.807) is 13.1 Å². The zero-order chi connectivity index (χ0) is 17.6. The second-order valence-corrected chi connectivity index (χ2v) is 6.20. The number of benzene rings is 1. The molecule has 1 saturated carbocycles. The zero-order valence-electron chi connectivity index (χ0n) is 13.2. The molecule has 25 heavy (non-hydrogen) atoms. The maximum atomic E-state index is 14.1. The van der Waals surface area contributed by atoms with E-state index in [1.165, 1.54) is 29.0 Å². The van der Waals surface area contributed by atoms with Gasteiger partial charge in [0.05, 0.1) is 10.6 Å². The van der Waals surface area contributed by atoms with Crippen molar-refractivity contribution in [1.29, 1.82) is 0 Å². The standard InChI is InChI=1S/C17H13ClF2N4O/c1-24-15(13-10(18)7-8-21-17(13)25-9-5-6-9)22-23-16(24)14-11(19)3-2-4-12(14)20/h2-4,7-9H,5-6H2,1H3. The average Bonchev–Trinajstić information content (AvgIpc) is 3.31. The number of rotatable bonds is 4. The van der Waals surface area contributed by atoms with Crippen LogP contribution in [0.3, 0.4) is 0 Å². The number of pyridine rings is 1. The van der Waals surface area contributed by atoms with Gasteiger partial charge in [0, 0.05) is 13.2 Å². The van der Waals surface area contributed by atoms with Crippen molar-refractivity contribution in [2.45, 2.75) is 18.9 Å². The SMILES string of the molecule is Cn1c(-c2c(F)cccc2F)nnc1-c1c(Cl)ccnc1OC1CC1. The van der Waals surface area contributed by atoms with Crippen LogP contribution < -0.4 is 4.74 Å². The summed E-state index contributed by atoms with van der Waals surface area (Å²) in [7, 11) is 1.61. The summed E-state index contributed by atoms with van der Waals surface area (Å²) in [6, 6.07) is 5.25. The van der Waals surface area contributed by atoms with E-state index < -0.39 is 11.6 Å². The Morgan fingerprint density at radius 1 is 1.08 bits per heavy atom. The van der Waals surface area contributed by atoms with E-state index in [-0.39, 0.29) is 17.5 Å². The fourth-order valence-corrected chi connectivity index (χ4v) is 2.75. The lowest BCUT2D eigenvalue weighted by Gasteiger charge is -2.11. The van der Waals surface area contributed by atoms with Crippen LogP contribution in [0.4, 0.5) is 8.78 Å². The van der Waals surface area contributed by atoms with E-state index in [1.807, 2.05) is 0 Å². The Balaban J connectivity index is 1.85. The molecule has 0 bridgehead atoms. The summed E-state index contributed by atoms with van der Waals surface area (Å²) in [4.78, 5) is 4.22. The predicted octanol–water partition coefficient (Wildman–Crippen LogP) is 4.02. The summed E-state index contributed by atoms with van der Waals surface area (Å²) >= 11 is 6.31. The highest BCUT2D eigenvalue weighted by atomic mass is 35.5. The predicted molar refractivity (Wildman–Crippen MR) is 88.2 cm³/mol. The molecule has 0 radical (unpaired) electrons. The highest BCUT2D eigenvalue weighted by Gasteiger charge is 2.28. The molecular formula is C17H13ClF2N4O. The monoisotopic (exact) mass is 362 g/mol. The Bertz CT molecular complexity index is 936. The summed E-state index contributed by atoms with van der Waals surface area (Å²) in [5.41, 5.74) is 0.211. The third-order valence-electron chi connectivity index (χ3n) is 3.95. The van der Waals surface area contributed by atoms with Gasteiger partial charge < -0.3 is 9.30 Å². The van der Waals surface area contributed by atoms with Gasteiger partial charge in [0.2, 0.25) is 5.88 Å². The molecule has 0 unspecified atom stereocenters. The minimum Gasteiger partial charge on any atom is -0.474 e.